The number of unbranched alkanes of at least 4 members (excludes halogenated alkanes) is 8. The zero-order valence-corrected chi connectivity index (χ0v) is 20.3. The molecule has 1 aliphatic heterocycles. The molecule has 0 radical (unpaired) electrons. The summed E-state index contributed by atoms with van der Waals surface area (Å²) in [6.45, 7) is 11.3. The van der Waals surface area contributed by atoms with Crippen molar-refractivity contribution in [1.29, 1.82) is 0 Å². The second-order valence-electron chi connectivity index (χ2n) is 10.4. The lowest BCUT2D eigenvalue weighted by molar-refractivity contribution is -0.140. The number of amides is 1. The van der Waals surface area contributed by atoms with Gasteiger partial charge in [0.05, 0.1) is 0 Å². The van der Waals surface area contributed by atoms with Gasteiger partial charge in [-0.2, -0.15) is 0 Å². The van der Waals surface area contributed by atoms with Crippen LogP contribution in [0.5, 0.6) is 0 Å². The Morgan fingerprint density at radius 1 is 1.00 bits per heavy atom. The molecule has 0 saturated carbocycles. The normalized spacial score (nSPS) is 15.7. The molecule has 0 bridgehead atoms. The molecule has 0 spiro atoms. The Labute approximate surface area is 185 Å². The molecule has 4 nitrogen and oxygen atoms in total. The fourth-order valence-corrected chi connectivity index (χ4v) is 4.59. The Hall–Kier alpha value is -1.32. The van der Waals surface area contributed by atoms with Gasteiger partial charge in [-0.3, -0.25) is 4.79 Å². The molecule has 0 unspecified atom stereocenters. The summed E-state index contributed by atoms with van der Waals surface area (Å²) in [7, 11) is 0. The third-order valence-corrected chi connectivity index (χ3v) is 6.63. The van der Waals surface area contributed by atoms with Gasteiger partial charge in [0.1, 0.15) is 5.82 Å². The maximum atomic E-state index is 12.5. The first-order valence-corrected chi connectivity index (χ1v) is 12.7. The molecule has 2 rings (SSSR count). The van der Waals surface area contributed by atoms with E-state index in [1.165, 1.54) is 70.0 Å². The summed E-state index contributed by atoms with van der Waals surface area (Å²) < 4.78 is 2.37. The minimum Gasteiger partial charge on any atom is -0.342 e. The molecule has 1 aliphatic rings. The molecule has 1 fully saturated rings. The number of imidazole rings is 1. The number of hydrogen-bond acceptors (Lipinski definition) is 2. The molecule has 30 heavy (non-hydrogen) atoms. The van der Waals surface area contributed by atoms with Crippen molar-refractivity contribution >= 4 is 5.91 Å². The lowest BCUT2D eigenvalue weighted by Gasteiger charge is -2.35. The first-order valence-electron chi connectivity index (χ1n) is 12.7. The van der Waals surface area contributed by atoms with Crippen LogP contribution < -0.4 is 0 Å². The monoisotopic (exact) mass is 417 g/mol. The summed E-state index contributed by atoms with van der Waals surface area (Å²) in [5.41, 5.74) is -0.256. The molecule has 0 atom stereocenters. The highest BCUT2D eigenvalue weighted by molar-refractivity contribution is 5.81. The van der Waals surface area contributed by atoms with Gasteiger partial charge in [-0.25, -0.2) is 4.98 Å². The highest BCUT2D eigenvalue weighted by atomic mass is 16.2. The maximum absolute atomic E-state index is 12.5. The second kappa shape index (κ2) is 13.2. The van der Waals surface area contributed by atoms with Crippen LogP contribution in [0.2, 0.25) is 0 Å². The summed E-state index contributed by atoms with van der Waals surface area (Å²) in [5, 5.41) is 0. The fraction of sp³-hybridized carbons (Fsp3) is 0.846. The lowest BCUT2D eigenvalue weighted by Crippen LogP contribution is -2.44. The molecular formula is C26H47N3O. The topological polar surface area (TPSA) is 38.1 Å². The largest absolute Gasteiger partial charge is 0.342 e. The Bertz CT molecular complexity index is 594. The van der Waals surface area contributed by atoms with Crippen molar-refractivity contribution in [2.75, 3.05) is 13.1 Å². The van der Waals surface area contributed by atoms with Crippen molar-refractivity contribution in [2.24, 2.45) is 11.3 Å². The standard InChI is InChI=1S/C26H47N3O/c1-5-6-7-8-9-10-11-12-13-14-24-27-18-22-28(24)19-15-23-16-20-29(21-17-23)25(30)26(2,3)4/h18,22-23H,5-17,19-21H2,1-4H3. The van der Waals surface area contributed by atoms with E-state index in [0.29, 0.717) is 5.91 Å². The van der Waals surface area contributed by atoms with Crippen LogP contribution in [0.1, 0.15) is 111 Å². The number of nitrogens with zero attached hydrogens (tertiary/aromatic N) is 3. The molecule has 1 aromatic heterocycles. The highest BCUT2D eigenvalue weighted by Gasteiger charge is 2.30. The number of aromatic nitrogens is 2. The molecule has 1 amide bonds. The summed E-state index contributed by atoms with van der Waals surface area (Å²) in [5.74, 6) is 2.30. The van der Waals surface area contributed by atoms with Crippen LogP contribution in [0.4, 0.5) is 0 Å². The first kappa shape index (κ1) is 24.9. The van der Waals surface area contributed by atoms with Crippen molar-refractivity contribution in [3.05, 3.63) is 18.2 Å². The number of likely N-dealkylation sites (tertiary alicyclic amines) is 1. The van der Waals surface area contributed by atoms with Gasteiger partial charge in [-0.05, 0) is 31.6 Å². The van der Waals surface area contributed by atoms with Crippen LogP contribution in [0.3, 0.4) is 0 Å². The lowest BCUT2D eigenvalue weighted by atomic mass is 9.89. The smallest absolute Gasteiger partial charge is 0.227 e. The van der Waals surface area contributed by atoms with Crippen LogP contribution in [-0.2, 0) is 17.8 Å². The van der Waals surface area contributed by atoms with Gasteiger partial charge in [0.2, 0.25) is 5.91 Å². The molecule has 1 aromatic rings. The van der Waals surface area contributed by atoms with Gasteiger partial charge in [-0.15, -0.1) is 0 Å². The number of rotatable bonds is 13. The quantitative estimate of drug-likeness (QED) is 0.338. The molecule has 0 aliphatic carbocycles. The summed E-state index contributed by atoms with van der Waals surface area (Å²) >= 11 is 0. The SMILES string of the molecule is CCCCCCCCCCCc1nccn1CCC1CCN(C(=O)C(C)(C)C)CC1. The van der Waals surface area contributed by atoms with Crippen molar-refractivity contribution in [2.45, 2.75) is 118 Å². The third-order valence-electron chi connectivity index (χ3n) is 6.63. The van der Waals surface area contributed by atoms with E-state index >= 15 is 0 Å². The summed E-state index contributed by atoms with van der Waals surface area (Å²) in [6.07, 6.45) is 21.1. The average molecular weight is 418 g/mol. The van der Waals surface area contributed by atoms with Crippen LogP contribution >= 0.6 is 0 Å². The summed E-state index contributed by atoms with van der Waals surface area (Å²) in [6, 6.07) is 0. The zero-order chi connectivity index (χ0) is 21.8. The molecule has 0 aromatic carbocycles. The maximum Gasteiger partial charge on any atom is 0.227 e. The van der Waals surface area contributed by atoms with Crippen LogP contribution in [0.15, 0.2) is 12.4 Å². The fourth-order valence-electron chi connectivity index (χ4n) is 4.59. The zero-order valence-electron chi connectivity index (χ0n) is 20.3. The second-order valence-corrected chi connectivity index (χ2v) is 10.4. The van der Waals surface area contributed by atoms with Crippen molar-refractivity contribution in [1.82, 2.24) is 14.5 Å². The number of piperidine rings is 1. The van der Waals surface area contributed by atoms with E-state index in [4.69, 9.17) is 0 Å². The van der Waals surface area contributed by atoms with Gasteiger partial charge in [0.25, 0.3) is 0 Å². The minimum absolute atomic E-state index is 0.256. The van der Waals surface area contributed by atoms with E-state index in [9.17, 15) is 4.79 Å². The Morgan fingerprint density at radius 2 is 1.60 bits per heavy atom. The highest BCUT2D eigenvalue weighted by Crippen LogP contribution is 2.25. The van der Waals surface area contributed by atoms with Crippen LogP contribution in [-0.4, -0.2) is 33.4 Å². The van der Waals surface area contributed by atoms with E-state index in [1.807, 2.05) is 27.0 Å². The predicted octanol–water partition coefficient (Wildman–Crippen LogP) is 6.63. The first-order chi connectivity index (χ1) is 14.4. The van der Waals surface area contributed by atoms with Crippen molar-refractivity contribution in [3.63, 3.8) is 0 Å². The van der Waals surface area contributed by atoms with Crippen LogP contribution in [0.25, 0.3) is 0 Å². The molecule has 1 saturated heterocycles. The predicted molar refractivity (Wildman–Crippen MR) is 127 cm³/mol. The minimum atomic E-state index is -0.256. The molecule has 4 heteroatoms. The van der Waals surface area contributed by atoms with Gasteiger partial charge in [0, 0.05) is 43.9 Å². The van der Waals surface area contributed by atoms with Crippen LogP contribution in [0, 0.1) is 11.3 Å². The number of aryl methyl sites for hydroxylation is 2. The third kappa shape index (κ3) is 8.81. The van der Waals surface area contributed by atoms with E-state index < -0.39 is 0 Å². The summed E-state index contributed by atoms with van der Waals surface area (Å²) in [4.78, 5) is 19.1. The number of carbonyl (C=O) groups excluding carboxylic acids is 1. The van der Waals surface area contributed by atoms with Gasteiger partial charge < -0.3 is 9.47 Å². The van der Waals surface area contributed by atoms with E-state index in [2.05, 4.69) is 27.6 Å². The molecule has 2 heterocycles. The molecule has 0 N–H and O–H groups in total. The average Bonchev–Trinajstić information content (AvgIpc) is 3.17. The Kier molecular flexibility index (Phi) is 11.0. The number of carbonyl (C=O) groups is 1. The van der Waals surface area contributed by atoms with Crippen molar-refractivity contribution < 1.29 is 4.79 Å². The van der Waals surface area contributed by atoms with E-state index in [0.717, 1.165) is 44.8 Å². The van der Waals surface area contributed by atoms with Crippen molar-refractivity contribution in [3.8, 4) is 0 Å². The number of hydrogen-bond donors (Lipinski definition) is 0. The van der Waals surface area contributed by atoms with Gasteiger partial charge in [0.15, 0.2) is 0 Å². The van der Waals surface area contributed by atoms with Gasteiger partial charge in [-0.1, -0.05) is 79.1 Å². The molecule has 172 valence electrons. The Morgan fingerprint density at radius 3 is 2.20 bits per heavy atom. The van der Waals surface area contributed by atoms with E-state index in [-0.39, 0.29) is 5.41 Å². The molecular weight excluding hydrogens is 370 g/mol. The Balaban J connectivity index is 1.59. The van der Waals surface area contributed by atoms with Gasteiger partial charge >= 0.3 is 0 Å². The van der Waals surface area contributed by atoms with E-state index in [1.54, 1.807) is 0 Å².